The maximum Gasteiger partial charge on any atom is 0.161 e. The molecule has 0 aliphatic carbocycles. The van der Waals surface area contributed by atoms with Crippen molar-refractivity contribution < 1.29 is 9.47 Å². The van der Waals surface area contributed by atoms with Gasteiger partial charge in [-0.3, -0.25) is 0 Å². The zero-order chi connectivity index (χ0) is 15.4. The Labute approximate surface area is 126 Å². The molecule has 0 fully saturated rings. The largest absolute Gasteiger partial charge is 0.493 e. The van der Waals surface area contributed by atoms with Crippen molar-refractivity contribution in [3.8, 4) is 11.5 Å². The van der Waals surface area contributed by atoms with E-state index in [1.165, 1.54) is 5.56 Å². The number of ether oxygens (including phenoxy) is 2. The van der Waals surface area contributed by atoms with Crippen molar-refractivity contribution in [3.05, 3.63) is 58.7 Å². The van der Waals surface area contributed by atoms with Gasteiger partial charge in [-0.05, 0) is 47.7 Å². The molecule has 112 valence electrons. The van der Waals surface area contributed by atoms with E-state index in [9.17, 15) is 0 Å². The van der Waals surface area contributed by atoms with Crippen LogP contribution in [0.3, 0.4) is 0 Å². The molecule has 2 N–H and O–H groups in total. The van der Waals surface area contributed by atoms with E-state index < -0.39 is 0 Å². The third kappa shape index (κ3) is 3.03. The van der Waals surface area contributed by atoms with Crippen molar-refractivity contribution in [2.75, 3.05) is 14.2 Å². The van der Waals surface area contributed by atoms with Crippen molar-refractivity contribution in [2.45, 2.75) is 26.3 Å². The van der Waals surface area contributed by atoms with Gasteiger partial charge in [-0.25, -0.2) is 0 Å². The van der Waals surface area contributed by atoms with Gasteiger partial charge in [0.2, 0.25) is 0 Å². The van der Waals surface area contributed by atoms with E-state index in [4.69, 9.17) is 15.2 Å². The normalized spacial score (nSPS) is 12.0. The topological polar surface area (TPSA) is 44.5 Å². The van der Waals surface area contributed by atoms with Gasteiger partial charge in [-0.1, -0.05) is 31.2 Å². The smallest absolute Gasteiger partial charge is 0.161 e. The molecule has 1 unspecified atom stereocenters. The van der Waals surface area contributed by atoms with Gasteiger partial charge in [0.1, 0.15) is 0 Å². The van der Waals surface area contributed by atoms with Gasteiger partial charge in [-0.15, -0.1) is 0 Å². The highest BCUT2D eigenvalue weighted by Crippen LogP contribution is 2.34. The molecule has 1 atom stereocenters. The zero-order valence-electron chi connectivity index (χ0n) is 13.1. The molecule has 0 amide bonds. The molecular weight excluding hydrogens is 262 g/mol. The number of hydrogen-bond donors (Lipinski definition) is 1. The third-order valence-corrected chi connectivity index (χ3v) is 3.88. The molecule has 3 heteroatoms. The van der Waals surface area contributed by atoms with Crippen LogP contribution < -0.4 is 15.2 Å². The summed E-state index contributed by atoms with van der Waals surface area (Å²) in [5.74, 6) is 1.44. The third-order valence-electron chi connectivity index (χ3n) is 3.88. The van der Waals surface area contributed by atoms with E-state index in [-0.39, 0.29) is 6.04 Å². The maximum atomic E-state index is 6.51. The number of nitrogens with two attached hydrogens (primary N) is 1. The van der Waals surface area contributed by atoms with Crippen molar-refractivity contribution in [2.24, 2.45) is 5.73 Å². The second-order valence-corrected chi connectivity index (χ2v) is 5.09. The number of methoxy groups -OCH3 is 2. The van der Waals surface area contributed by atoms with Crippen LogP contribution in [0.5, 0.6) is 11.5 Å². The first-order valence-corrected chi connectivity index (χ1v) is 7.18. The SMILES string of the molecule is CCc1ccccc1C(N)c1cc(OC)c(OC)cc1C. The number of hydrogen-bond acceptors (Lipinski definition) is 3. The Morgan fingerprint density at radius 1 is 1.00 bits per heavy atom. The summed E-state index contributed by atoms with van der Waals surface area (Å²) in [7, 11) is 3.28. The van der Waals surface area contributed by atoms with Crippen LogP contribution in [0.25, 0.3) is 0 Å². The number of aryl methyl sites for hydroxylation is 2. The van der Waals surface area contributed by atoms with Crippen LogP contribution >= 0.6 is 0 Å². The fourth-order valence-corrected chi connectivity index (χ4v) is 2.66. The summed E-state index contributed by atoms with van der Waals surface area (Å²) in [6.45, 7) is 4.19. The summed E-state index contributed by atoms with van der Waals surface area (Å²) in [6.07, 6.45) is 0.968. The Kier molecular flexibility index (Phi) is 4.86. The molecule has 0 aromatic heterocycles. The van der Waals surface area contributed by atoms with E-state index >= 15 is 0 Å². The van der Waals surface area contributed by atoms with Crippen molar-refractivity contribution in [1.82, 2.24) is 0 Å². The lowest BCUT2D eigenvalue weighted by molar-refractivity contribution is 0.354. The van der Waals surface area contributed by atoms with Crippen molar-refractivity contribution in [1.29, 1.82) is 0 Å². The molecule has 0 radical (unpaired) electrons. The van der Waals surface area contributed by atoms with Gasteiger partial charge in [0.25, 0.3) is 0 Å². The standard InChI is InChI=1S/C18H23NO2/c1-5-13-8-6-7-9-14(13)18(19)15-11-17(21-4)16(20-3)10-12(15)2/h6-11,18H,5,19H2,1-4H3. The fraction of sp³-hybridized carbons (Fsp3) is 0.333. The highest BCUT2D eigenvalue weighted by Gasteiger charge is 2.17. The van der Waals surface area contributed by atoms with Crippen LogP contribution in [0, 0.1) is 6.92 Å². The summed E-state index contributed by atoms with van der Waals surface area (Å²) in [6, 6.07) is 12.1. The Balaban J connectivity index is 2.50. The van der Waals surface area contributed by atoms with Gasteiger partial charge in [0.15, 0.2) is 11.5 Å². The van der Waals surface area contributed by atoms with E-state index in [2.05, 4.69) is 25.1 Å². The molecule has 0 aliphatic rings. The minimum atomic E-state index is -0.166. The summed E-state index contributed by atoms with van der Waals surface area (Å²) < 4.78 is 10.7. The molecule has 0 saturated carbocycles. The summed E-state index contributed by atoms with van der Waals surface area (Å²) in [4.78, 5) is 0. The van der Waals surface area contributed by atoms with Gasteiger partial charge in [-0.2, -0.15) is 0 Å². The first-order valence-electron chi connectivity index (χ1n) is 7.18. The molecule has 0 heterocycles. The summed E-state index contributed by atoms with van der Waals surface area (Å²) in [5.41, 5.74) is 11.1. The second kappa shape index (κ2) is 6.64. The average molecular weight is 285 g/mol. The first kappa shape index (κ1) is 15.4. The predicted octanol–water partition coefficient (Wildman–Crippen LogP) is 3.62. The van der Waals surface area contributed by atoms with Crippen LogP contribution in [0.4, 0.5) is 0 Å². The minimum Gasteiger partial charge on any atom is -0.493 e. The lowest BCUT2D eigenvalue weighted by atomic mass is 9.91. The molecule has 2 rings (SSSR count). The predicted molar refractivity (Wildman–Crippen MR) is 86.1 cm³/mol. The lowest BCUT2D eigenvalue weighted by Gasteiger charge is -2.20. The highest BCUT2D eigenvalue weighted by molar-refractivity contribution is 5.50. The van der Waals surface area contributed by atoms with Crippen LogP contribution in [-0.4, -0.2) is 14.2 Å². The molecule has 3 nitrogen and oxygen atoms in total. The van der Waals surface area contributed by atoms with E-state index in [0.717, 1.165) is 28.9 Å². The second-order valence-electron chi connectivity index (χ2n) is 5.09. The Morgan fingerprint density at radius 3 is 2.24 bits per heavy atom. The van der Waals surface area contributed by atoms with Gasteiger partial charge in [0.05, 0.1) is 20.3 Å². The molecule has 2 aromatic rings. The Hall–Kier alpha value is -2.00. The molecule has 0 spiro atoms. The molecule has 0 aliphatic heterocycles. The van der Waals surface area contributed by atoms with Crippen LogP contribution in [0.15, 0.2) is 36.4 Å². The van der Waals surface area contributed by atoms with Gasteiger partial charge in [0, 0.05) is 0 Å². The van der Waals surface area contributed by atoms with Crippen molar-refractivity contribution in [3.63, 3.8) is 0 Å². The molecular formula is C18H23NO2. The van der Waals surface area contributed by atoms with E-state index in [1.807, 2.05) is 25.1 Å². The monoisotopic (exact) mass is 285 g/mol. The summed E-state index contributed by atoms with van der Waals surface area (Å²) in [5, 5.41) is 0. The molecule has 0 saturated heterocycles. The zero-order valence-corrected chi connectivity index (χ0v) is 13.1. The average Bonchev–Trinajstić information content (AvgIpc) is 2.53. The molecule has 21 heavy (non-hydrogen) atoms. The Morgan fingerprint density at radius 2 is 1.62 bits per heavy atom. The number of benzene rings is 2. The quantitative estimate of drug-likeness (QED) is 0.912. The van der Waals surface area contributed by atoms with Crippen LogP contribution in [-0.2, 0) is 6.42 Å². The molecule has 0 bridgehead atoms. The number of rotatable bonds is 5. The lowest BCUT2D eigenvalue weighted by Crippen LogP contribution is -2.15. The minimum absolute atomic E-state index is 0.166. The van der Waals surface area contributed by atoms with E-state index in [1.54, 1.807) is 14.2 Å². The van der Waals surface area contributed by atoms with Crippen LogP contribution in [0.1, 0.15) is 35.2 Å². The Bertz CT molecular complexity index is 623. The van der Waals surface area contributed by atoms with Crippen LogP contribution in [0.2, 0.25) is 0 Å². The van der Waals surface area contributed by atoms with E-state index in [0.29, 0.717) is 5.75 Å². The fourth-order valence-electron chi connectivity index (χ4n) is 2.66. The van der Waals surface area contributed by atoms with Crippen molar-refractivity contribution >= 4 is 0 Å². The molecule has 2 aromatic carbocycles. The first-order chi connectivity index (χ1) is 10.1. The maximum absolute atomic E-state index is 6.51. The van der Waals surface area contributed by atoms with Gasteiger partial charge >= 0.3 is 0 Å². The highest BCUT2D eigenvalue weighted by atomic mass is 16.5. The van der Waals surface area contributed by atoms with Gasteiger partial charge < -0.3 is 15.2 Å². The summed E-state index contributed by atoms with van der Waals surface area (Å²) >= 11 is 0.